The first-order valence-corrected chi connectivity index (χ1v) is 11.5. The van der Waals surface area contributed by atoms with Crippen LogP contribution in [0.15, 0.2) is 29.2 Å². The highest BCUT2D eigenvalue weighted by Crippen LogP contribution is 2.21. The molecule has 1 aromatic rings. The predicted molar refractivity (Wildman–Crippen MR) is 106 cm³/mol. The molecule has 0 radical (unpaired) electrons. The van der Waals surface area contributed by atoms with Crippen molar-refractivity contribution in [2.24, 2.45) is 0 Å². The molecule has 0 aromatic heterocycles. The molecule has 6 nitrogen and oxygen atoms in total. The third-order valence-electron chi connectivity index (χ3n) is 5.48. The maximum Gasteiger partial charge on any atom is 0.243 e. The van der Waals surface area contributed by atoms with Crippen LogP contribution in [0.4, 0.5) is 0 Å². The van der Waals surface area contributed by atoms with Gasteiger partial charge in [0.1, 0.15) is 0 Å². The molecule has 0 spiro atoms. The number of carbonyl (C=O) groups is 1. The molecule has 3 rings (SSSR count). The third-order valence-corrected chi connectivity index (χ3v) is 7.39. The second-order valence-electron chi connectivity index (χ2n) is 7.66. The molecule has 2 aliphatic heterocycles. The number of hydrogen-bond acceptors (Lipinski definition) is 4. The van der Waals surface area contributed by atoms with Crippen LogP contribution in [0, 0.1) is 0 Å². The monoisotopic (exact) mass is 393 g/mol. The second kappa shape index (κ2) is 9.17. The quantitative estimate of drug-likeness (QED) is 0.831. The fourth-order valence-electron chi connectivity index (χ4n) is 3.83. The van der Waals surface area contributed by atoms with Crippen LogP contribution < -0.4 is 5.32 Å². The first-order chi connectivity index (χ1) is 13.0. The molecule has 2 saturated heterocycles. The van der Waals surface area contributed by atoms with E-state index in [1.54, 1.807) is 16.4 Å². The van der Waals surface area contributed by atoms with Gasteiger partial charge < -0.3 is 10.2 Å². The number of hydrogen-bond donors (Lipinski definition) is 1. The highest BCUT2D eigenvalue weighted by Gasteiger charge is 2.25. The number of nitrogens with zero attached hydrogens (tertiary/aromatic N) is 2. The number of amides is 1. The highest BCUT2D eigenvalue weighted by atomic mass is 32.2. The van der Waals surface area contributed by atoms with Gasteiger partial charge in [-0.1, -0.05) is 25.0 Å². The average molecular weight is 394 g/mol. The Bertz CT molecular complexity index is 725. The van der Waals surface area contributed by atoms with E-state index in [-0.39, 0.29) is 5.91 Å². The minimum Gasteiger partial charge on any atom is -0.340 e. The zero-order valence-electron chi connectivity index (χ0n) is 16.2. The summed E-state index contributed by atoms with van der Waals surface area (Å²) in [5.74, 6) is 0.171. The molecule has 0 bridgehead atoms. The van der Waals surface area contributed by atoms with E-state index in [4.69, 9.17) is 0 Å². The number of piperazine rings is 1. The zero-order chi connectivity index (χ0) is 19.3. The molecule has 1 unspecified atom stereocenters. The topological polar surface area (TPSA) is 69.7 Å². The Kier molecular flexibility index (Phi) is 6.89. The van der Waals surface area contributed by atoms with Gasteiger partial charge in [0.25, 0.3) is 0 Å². The van der Waals surface area contributed by atoms with E-state index in [1.807, 2.05) is 17.0 Å². The molecule has 2 fully saturated rings. The smallest absolute Gasteiger partial charge is 0.243 e. The Morgan fingerprint density at radius 1 is 1.07 bits per heavy atom. The van der Waals surface area contributed by atoms with Crippen LogP contribution in [0.3, 0.4) is 0 Å². The van der Waals surface area contributed by atoms with Crippen LogP contribution in [0.2, 0.25) is 0 Å². The summed E-state index contributed by atoms with van der Waals surface area (Å²) in [7, 11) is -3.41. The fourth-order valence-corrected chi connectivity index (χ4v) is 5.34. The van der Waals surface area contributed by atoms with E-state index in [9.17, 15) is 13.2 Å². The molecular formula is C20H31N3O3S. The normalized spacial score (nSPS) is 22.4. The molecule has 27 heavy (non-hydrogen) atoms. The lowest BCUT2D eigenvalue weighted by Gasteiger charge is -2.32. The molecule has 2 aliphatic rings. The number of carbonyl (C=O) groups excluding carboxylic acids is 1. The number of nitrogens with one attached hydrogen (secondary N) is 1. The number of benzene rings is 1. The maximum absolute atomic E-state index is 12.8. The Hall–Kier alpha value is -1.44. The van der Waals surface area contributed by atoms with Gasteiger partial charge in [-0.15, -0.1) is 0 Å². The van der Waals surface area contributed by atoms with E-state index in [0.717, 1.165) is 50.9 Å². The van der Waals surface area contributed by atoms with Crippen molar-refractivity contribution in [2.45, 2.75) is 56.4 Å². The minimum absolute atomic E-state index is 0.171. The lowest BCUT2D eigenvalue weighted by atomic mass is 10.1. The van der Waals surface area contributed by atoms with Crippen LogP contribution in [0.1, 0.15) is 44.6 Å². The highest BCUT2D eigenvalue weighted by molar-refractivity contribution is 7.89. The Labute approximate surface area is 163 Å². The predicted octanol–water partition coefficient (Wildman–Crippen LogP) is 2.00. The summed E-state index contributed by atoms with van der Waals surface area (Å²) >= 11 is 0. The van der Waals surface area contributed by atoms with E-state index in [0.29, 0.717) is 36.9 Å². The van der Waals surface area contributed by atoms with Gasteiger partial charge in [0.2, 0.25) is 15.9 Å². The summed E-state index contributed by atoms with van der Waals surface area (Å²) < 4.78 is 27.2. The molecule has 1 aromatic carbocycles. The summed E-state index contributed by atoms with van der Waals surface area (Å²) in [5.41, 5.74) is 1.00. The fraction of sp³-hybridized carbons (Fsp3) is 0.650. The third kappa shape index (κ3) is 5.30. The summed E-state index contributed by atoms with van der Waals surface area (Å²) in [4.78, 5) is 14.7. The molecule has 0 saturated carbocycles. The standard InChI is InChI=1S/C20H31N3O3S/c1-17-16-22(15-12-21-17)20(24)11-8-18-6-9-19(10-7-18)27(25,26)23-13-4-2-3-5-14-23/h6-7,9-10,17,21H,2-5,8,11-16H2,1H3. The van der Waals surface area contributed by atoms with Gasteiger partial charge in [0.15, 0.2) is 0 Å². The van der Waals surface area contributed by atoms with Gasteiger partial charge in [-0.3, -0.25) is 4.79 Å². The molecule has 1 amide bonds. The second-order valence-corrected chi connectivity index (χ2v) is 9.60. The lowest BCUT2D eigenvalue weighted by Crippen LogP contribution is -2.51. The summed E-state index contributed by atoms with van der Waals surface area (Å²) in [6.45, 7) is 5.67. The van der Waals surface area contributed by atoms with Gasteiger partial charge in [-0.25, -0.2) is 8.42 Å². The number of rotatable bonds is 5. The van der Waals surface area contributed by atoms with E-state index in [2.05, 4.69) is 12.2 Å². The lowest BCUT2D eigenvalue weighted by molar-refractivity contribution is -0.132. The molecule has 2 heterocycles. The van der Waals surface area contributed by atoms with Crippen LogP contribution in [-0.2, 0) is 21.2 Å². The largest absolute Gasteiger partial charge is 0.340 e. The zero-order valence-corrected chi connectivity index (χ0v) is 17.0. The van der Waals surface area contributed by atoms with Crippen molar-refractivity contribution in [3.63, 3.8) is 0 Å². The summed E-state index contributed by atoms with van der Waals surface area (Å²) in [5, 5.41) is 3.34. The Morgan fingerprint density at radius 3 is 2.37 bits per heavy atom. The van der Waals surface area contributed by atoms with Gasteiger partial charge >= 0.3 is 0 Å². The first kappa shape index (κ1) is 20.3. The van der Waals surface area contributed by atoms with Crippen molar-refractivity contribution >= 4 is 15.9 Å². The van der Waals surface area contributed by atoms with Crippen molar-refractivity contribution in [3.8, 4) is 0 Å². The van der Waals surface area contributed by atoms with Gasteiger partial charge in [0, 0.05) is 45.2 Å². The van der Waals surface area contributed by atoms with Gasteiger partial charge in [-0.05, 0) is 43.9 Å². The van der Waals surface area contributed by atoms with Crippen molar-refractivity contribution < 1.29 is 13.2 Å². The van der Waals surface area contributed by atoms with Gasteiger partial charge in [-0.2, -0.15) is 4.31 Å². The van der Waals surface area contributed by atoms with Crippen molar-refractivity contribution in [2.75, 3.05) is 32.7 Å². The molecule has 1 atom stereocenters. The van der Waals surface area contributed by atoms with Crippen LogP contribution >= 0.6 is 0 Å². The summed E-state index contributed by atoms with van der Waals surface area (Å²) in [6, 6.07) is 7.41. The number of sulfonamides is 1. The van der Waals surface area contributed by atoms with Crippen molar-refractivity contribution in [1.29, 1.82) is 0 Å². The summed E-state index contributed by atoms with van der Waals surface area (Å²) in [6.07, 6.45) is 5.18. The Morgan fingerprint density at radius 2 is 1.74 bits per heavy atom. The van der Waals surface area contributed by atoms with Crippen LogP contribution in [0.25, 0.3) is 0 Å². The van der Waals surface area contributed by atoms with Gasteiger partial charge in [0.05, 0.1) is 4.90 Å². The molecular weight excluding hydrogens is 362 g/mol. The average Bonchev–Trinajstić information content (AvgIpc) is 2.96. The van der Waals surface area contributed by atoms with Crippen LogP contribution in [-0.4, -0.2) is 62.3 Å². The van der Waals surface area contributed by atoms with Crippen molar-refractivity contribution in [1.82, 2.24) is 14.5 Å². The number of aryl methyl sites for hydroxylation is 1. The molecule has 150 valence electrons. The first-order valence-electron chi connectivity index (χ1n) is 10.1. The Balaban J connectivity index is 1.57. The molecule has 1 N–H and O–H groups in total. The van der Waals surface area contributed by atoms with Crippen molar-refractivity contribution in [3.05, 3.63) is 29.8 Å². The maximum atomic E-state index is 12.8. The molecule has 0 aliphatic carbocycles. The minimum atomic E-state index is -3.41. The molecule has 7 heteroatoms. The van der Waals surface area contributed by atoms with E-state index in [1.165, 1.54) is 0 Å². The van der Waals surface area contributed by atoms with Crippen LogP contribution in [0.5, 0.6) is 0 Å². The SMILES string of the molecule is CC1CN(C(=O)CCc2ccc(S(=O)(=O)N3CCCCCC3)cc2)CCN1. The van der Waals surface area contributed by atoms with E-state index < -0.39 is 10.0 Å². The van der Waals surface area contributed by atoms with E-state index >= 15 is 0 Å².